The summed E-state index contributed by atoms with van der Waals surface area (Å²) in [5.74, 6) is -0.325. The molecule has 1 aliphatic carbocycles. The van der Waals surface area contributed by atoms with Gasteiger partial charge in [-0.2, -0.15) is 0 Å². The summed E-state index contributed by atoms with van der Waals surface area (Å²) >= 11 is 0. The molecule has 2 aliphatic rings. The highest BCUT2D eigenvalue weighted by Gasteiger charge is 2.29. The highest BCUT2D eigenvalue weighted by atomic mass is 19.1. The van der Waals surface area contributed by atoms with E-state index in [1.807, 2.05) is 54.6 Å². The second-order valence-electron chi connectivity index (χ2n) is 7.30. The highest BCUT2D eigenvalue weighted by molar-refractivity contribution is 5.96. The van der Waals surface area contributed by atoms with Gasteiger partial charge in [-0.15, -0.1) is 0 Å². The van der Waals surface area contributed by atoms with Crippen molar-refractivity contribution in [3.8, 4) is 0 Å². The van der Waals surface area contributed by atoms with E-state index in [9.17, 15) is 9.18 Å². The predicted octanol–water partition coefficient (Wildman–Crippen LogP) is 4.85. The molecular weight excluding hydrogens is 365 g/mol. The topological polar surface area (TPSA) is 46.1 Å². The molecule has 142 valence electrons. The van der Waals surface area contributed by atoms with Crippen molar-refractivity contribution >= 4 is 22.4 Å². The van der Waals surface area contributed by atoms with Gasteiger partial charge in [-0.3, -0.25) is 14.8 Å². The first-order valence-corrected chi connectivity index (χ1v) is 9.51. The Morgan fingerprint density at radius 3 is 2.86 bits per heavy atom. The summed E-state index contributed by atoms with van der Waals surface area (Å²) < 4.78 is 14.6. The third kappa shape index (κ3) is 3.36. The third-order valence-electron chi connectivity index (χ3n) is 5.27. The Labute approximate surface area is 167 Å². The summed E-state index contributed by atoms with van der Waals surface area (Å²) in [4.78, 5) is 22.9. The smallest absolute Gasteiger partial charge is 0.273 e. The number of hydrogen-bond donors (Lipinski definition) is 0. The van der Waals surface area contributed by atoms with Crippen molar-refractivity contribution in [3.63, 3.8) is 0 Å². The lowest BCUT2D eigenvalue weighted by atomic mass is 10.0. The zero-order valence-electron chi connectivity index (χ0n) is 15.7. The van der Waals surface area contributed by atoms with Crippen LogP contribution < -0.4 is 0 Å². The van der Waals surface area contributed by atoms with E-state index in [1.54, 1.807) is 23.4 Å². The number of amides is 1. The SMILES string of the molecule is O=C1c2ncccc2CN1CC1=CC=C(c2cnc3ccccc3c2)C=C(F)C1. The number of fused-ring (bicyclic) bond motifs is 2. The molecular formula is C24H18FN3O. The fourth-order valence-corrected chi connectivity index (χ4v) is 3.83. The number of carbonyl (C=O) groups is 1. The summed E-state index contributed by atoms with van der Waals surface area (Å²) in [6.45, 7) is 0.895. The molecule has 29 heavy (non-hydrogen) atoms. The number of para-hydroxylation sites is 1. The van der Waals surface area contributed by atoms with Crippen LogP contribution in [-0.4, -0.2) is 27.3 Å². The van der Waals surface area contributed by atoms with Crippen LogP contribution in [0.2, 0.25) is 0 Å². The van der Waals surface area contributed by atoms with Crippen LogP contribution in [-0.2, 0) is 6.54 Å². The van der Waals surface area contributed by atoms with E-state index >= 15 is 0 Å². The number of pyridine rings is 2. The Morgan fingerprint density at radius 2 is 1.97 bits per heavy atom. The van der Waals surface area contributed by atoms with Crippen LogP contribution in [0.3, 0.4) is 0 Å². The van der Waals surface area contributed by atoms with Crippen LogP contribution in [0.1, 0.15) is 28.0 Å². The first kappa shape index (κ1) is 17.5. The van der Waals surface area contributed by atoms with Gasteiger partial charge in [0.1, 0.15) is 11.5 Å². The van der Waals surface area contributed by atoms with Crippen LogP contribution in [0.5, 0.6) is 0 Å². The molecule has 1 amide bonds. The quantitative estimate of drug-likeness (QED) is 0.649. The summed E-state index contributed by atoms with van der Waals surface area (Å²) in [7, 11) is 0. The van der Waals surface area contributed by atoms with Gasteiger partial charge in [-0.05, 0) is 35.4 Å². The number of nitrogens with zero attached hydrogens (tertiary/aromatic N) is 3. The fraction of sp³-hybridized carbons (Fsp3) is 0.125. The lowest BCUT2D eigenvalue weighted by Gasteiger charge is -2.17. The molecule has 0 saturated heterocycles. The lowest BCUT2D eigenvalue weighted by molar-refractivity contribution is 0.0787. The minimum Gasteiger partial charge on any atom is -0.329 e. The zero-order valence-corrected chi connectivity index (χ0v) is 15.7. The molecule has 0 bridgehead atoms. The molecule has 0 N–H and O–H groups in total. The van der Waals surface area contributed by atoms with E-state index < -0.39 is 0 Å². The van der Waals surface area contributed by atoms with Crippen molar-refractivity contribution in [1.82, 2.24) is 14.9 Å². The molecule has 1 aliphatic heterocycles. The maximum atomic E-state index is 14.6. The van der Waals surface area contributed by atoms with Crippen LogP contribution in [0.25, 0.3) is 16.5 Å². The van der Waals surface area contributed by atoms with E-state index in [-0.39, 0.29) is 18.2 Å². The molecule has 4 nitrogen and oxygen atoms in total. The Morgan fingerprint density at radius 1 is 1.07 bits per heavy atom. The third-order valence-corrected chi connectivity index (χ3v) is 5.27. The normalized spacial score (nSPS) is 16.2. The molecule has 5 rings (SSSR count). The second kappa shape index (κ2) is 7.09. The number of carbonyl (C=O) groups excluding carboxylic acids is 1. The van der Waals surface area contributed by atoms with Crippen molar-refractivity contribution in [2.45, 2.75) is 13.0 Å². The number of hydrogen-bond acceptors (Lipinski definition) is 3. The number of benzene rings is 1. The molecule has 3 aromatic rings. The molecule has 0 atom stereocenters. The van der Waals surface area contributed by atoms with Gasteiger partial charge < -0.3 is 4.90 Å². The highest BCUT2D eigenvalue weighted by Crippen LogP contribution is 2.29. The lowest BCUT2D eigenvalue weighted by Crippen LogP contribution is -2.26. The minimum atomic E-state index is -0.226. The van der Waals surface area contributed by atoms with Crippen molar-refractivity contribution in [3.05, 3.63) is 101 Å². The van der Waals surface area contributed by atoms with Crippen molar-refractivity contribution in [1.29, 1.82) is 0 Å². The maximum absolute atomic E-state index is 14.6. The van der Waals surface area contributed by atoms with Crippen LogP contribution in [0.4, 0.5) is 4.39 Å². The summed E-state index contributed by atoms with van der Waals surface area (Å²) in [5.41, 5.74) is 4.81. The summed E-state index contributed by atoms with van der Waals surface area (Å²) in [6.07, 6.45) is 8.95. The molecule has 1 aromatic carbocycles. The van der Waals surface area contributed by atoms with Gasteiger partial charge in [0.05, 0.1) is 5.52 Å². The molecule has 0 spiro atoms. The molecule has 0 fully saturated rings. The molecule has 2 aromatic heterocycles. The first-order valence-electron chi connectivity index (χ1n) is 9.51. The fourth-order valence-electron chi connectivity index (χ4n) is 3.83. The van der Waals surface area contributed by atoms with Gasteiger partial charge in [0, 0.05) is 48.4 Å². The van der Waals surface area contributed by atoms with E-state index in [1.165, 1.54) is 0 Å². The second-order valence-corrected chi connectivity index (χ2v) is 7.30. The number of rotatable bonds is 3. The Hall–Kier alpha value is -3.60. The average Bonchev–Trinajstić information content (AvgIpc) is 2.93. The Balaban J connectivity index is 1.42. The first-order chi connectivity index (χ1) is 14.2. The van der Waals surface area contributed by atoms with E-state index in [2.05, 4.69) is 9.97 Å². The van der Waals surface area contributed by atoms with Crippen LogP contribution in [0.15, 0.2) is 84.5 Å². The predicted molar refractivity (Wildman–Crippen MR) is 111 cm³/mol. The van der Waals surface area contributed by atoms with Gasteiger partial charge in [0.15, 0.2) is 0 Å². The molecule has 0 saturated carbocycles. The van der Waals surface area contributed by atoms with Gasteiger partial charge >= 0.3 is 0 Å². The van der Waals surface area contributed by atoms with Gasteiger partial charge in [-0.1, -0.05) is 36.4 Å². The average molecular weight is 383 g/mol. The minimum absolute atomic E-state index is 0.0990. The van der Waals surface area contributed by atoms with E-state index in [0.29, 0.717) is 18.8 Å². The van der Waals surface area contributed by atoms with E-state index in [0.717, 1.165) is 33.2 Å². The van der Waals surface area contributed by atoms with Gasteiger partial charge in [0.2, 0.25) is 0 Å². The monoisotopic (exact) mass is 383 g/mol. The number of halogens is 1. The Bertz CT molecular complexity index is 1230. The van der Waals surface area contributed by atoms with Crippen molar-refractivity contribution in [2.24, 2.45) is 0 Å². The number of allylic oxidation sites excluding steroid dienone is 5. The van der Waals surface area contributed by atoms with Crippen molar-refractivity contribution < 1.29 is 9.18 Å². The van der Waals surface area contributed by atoms with Gasteiger partial charge in [0.25, 0.3) is 5.91 Å². The maximum Gasteiger partial charge on any atom is 0.273 e. The Kier molecular flexibility index (Phi) is 4.28. The summed E-state index contributed by atoms with van der Waals surface area (Å²) in [5, 5.41) is 1.01. The molecule has 0 unspecified atom stereocenters. The summed E-state index contributed by atoms with van der Waals surface area (Å²) in [6, 6.07) is 13.6. The van der Waals surface area contributed by atoms with E-state index in [4.69, 9.17) is 0 Å². The van der Waals surface area contributed by atoms with Crippen LogP contribution >= 0.6 is 0 Å². The van der Waals surface area contributed by atoms with Crippen LogP contribution in [0, 0.1) is 0 Å². The molecule has 3 heterocycles. The van der Waals surface area contributed by atoms with Crippen molar-refractivity contribution in [2.75, 3.05) is 6.54 Å². The molecule has 5 heteroatoms. The zero-order chi connectivity index (χ0) is 19.8. The largest absolute Gasteiger partial charge is 0.329 e. The van der Waals surface area contributed by atoms with Gasteiger partial charge in [-0.25, -0.2) is 4.39 Å². The standard InChI is InChI=1S/C24H18FN3O/c25-21-10-16(14-28-15-19-5-3-9-26-23(19)24(28)29)7-8-17(12-21)20-11-18-4-1-2-6-22(18)27-13-20/h1-9,11-13H,10,14-15H2. The number of aromatic nitrogens is 2. The molecule has 0 radical (unpaired) electrons.